The molecule has 3 rings (SSSR count). The molecule has 0 aliphatic heterocycles. The number of nitrogens with one attached hydrogen (secondary N) is 2. The highest BCUT2D eigenvalue weighted by Crippen LogP contribution is 2.31. The minimum absolute atomic E-state index is 0.153. The van der Waals surface area contributed by atoms with Crippen molar-refractivity contribution in [1.82, 2.24) is 9.97 Å². The van der Waals surface area contributed by atoms with Crippen molar-refractivity contribution in [3.05, 3.63) is 36.2 Å². The molecule has 7 nitrogen and oxygen atoms in total. The van der Waals surface area contributed by atoms with Gasteiger partial charge in [0.1, 0.15) is 5.60 Å². The molecule has 0 aliphatic carbocycles. The number of thiazole rings is 1. The maximum absolute atomic E-state index is 12.1. The second kappa shape index (κ2) is 7.55. The Morgan fingerprint density at radius 2 is 1.86 bits per heavy atom. The summed E-state index contributed by atoms with van der Waals surface area (Å²) in [4.78, 5) is 32.1. The van der Waals surface area contributed by atoms with Crippen LogP contribution in [0.5, 0.6) is 0 Å². The van der Waals surface area contributed by atoms with E-state index in [0.29, 0.717) is 16.5 Å². The summed E-state index contributed by atoms with van der Waals surface area (Å²) in [6, 6.07) is 7.68. The normalized spacial score (nSPS) is 11.3. The molecule has 0 saturated heterocycles. The number of rotatable bonds is 3. The van der Waals surface area contributed by atoms with Gasteiger partial charge in [-0.2, -0.15) is 0 Å². The van der Waals surface area contributed by atoms with E-state index in [1.807, 2.05) is 52.0 Å². The van der Waals surface area contributed by atoms with Crippen molar-refractivity contribution in [3.8, 4) is 11.1 Å². The summed E-state index contributed by atoms with van der Waals surface area (Å²) in [5.74, 6) is -0.153. The number of benzene rings is 1. The molecule has 0 aliphatic rings. The van der Waals surface area contributed by atoms with Crippen LogP contribution in [0.1, 0.15) is 33.4 Å². The summed E-state index contributed by atoms with van der Waals surface area (Å²) in [6.45, 7) is 8.71. The van der Waals surface area contributed by atoms with E-state index in [1.165, 1.54) is 18.3 Å². The van der Waals surface area contributed by atoms with Crippen LogP contribution in [0, 0.1) is 6.92 Å². The van der Waals surface area contributed by atoms with Crippen LogP contribution in [0.4, 0.5) is 15.6 Å². The zero-order valence-electron chi connectivity index (χ0n) is 16.4. The van der Waals surface area contributed by atoms with Crippen molar-refractivity contribution >= 4 is 44.4 Å². The molecule has 28 heavy (non-hydrogen) atoms. The summed E-state index contributed by atoms with van der Waals surface area (Å²) in [5.41, 5.74) is 3.31. The molecule has 0 atom stereocenters. The number of aromatic nitrogens is 2. The van der Waals surface area contributed by atoms with Crippen molar-refractivity contribution in [3.63, 3.8) is 0 Å². The van der Waals surface area contributed by atoms with E-state index < -0.39 is 11.7 Å². The van der Waals surface area contributed by atoms with Crippen molar-refractivity contribution in [2.24, 2.45) is 0 Å². The standard InChI is InChI=1S/C20H22N4O3S/c1-11-16(24-19(26)27-20(3,4)5)8-14(10-21-11)13-6-7-15-17(9-13)28-18(23-15)22-12(2)25/h6-10H,1-5H3,(H,24,26)(H,22,23,25). The number of nitrogens with zero attached hydrogens (tertiary/aromatic N) is 2. The highest BCUT2D eigenvalue weighted by Gasteiger charge is 2.17. The molecule has 1 aromatic carbocycles. The van der Waals surface area contributed by atoms with E-state index in [4.69, 9.17) is 4.74 Å². The molecule has 2 heterocycles. The fourth-order valence-electron chi connectivity index (χ4n) is 2.54. The van der Waals surface area contributed by atoms with Crippen LogP contribution in [-0.4, -0.2) is 27.6 Å². The van der Waals surface area contributed by atoms with Crippen molar-refractivity contribution < 1.29 is 14.3 Å². The van der Waals surface area contributed by atoms with Gasteiger partial charge in [-0.05, 0) is 51.5 Å². The maximum Gasteiger partial charge on any atom is 0.412 e. The van der Waals surface area contributed by atoms with Crippen LogP contribution in [0.25, 0.3) is 21.3 Å². The number of anilines is 2. The Kier molecular flexibility index (Phi) is 5.33. The number of hydrogen-bond acceptors (Lipinski definition) is 6. The van der Waals surface area contributed by atoms with E-state index >= 15 is 0 Å². The Bertz CT molecular complexity index is 1050. The Labute approximate surface area is 167 Å². The number of aryl methyl sites for hydroxylation is 1. The van der Waals surface area contributed by atoms with Gasteiger partial charge in [-0.15, -0.1) is 0 Å². The third-order valence-corrected chi connectivity index (χ3v) is 4.66. The lowest BCUT2D eigenvalue weighted by Gasteiger charge is -2.20. The van der Waals surface area contributed by atoms with Gasteiger partial charge in [-0.25, -0.2) is 9.78 Å². The van der Waals surface area contributed by atoms with Crippen molar-refractivity contribution in [2.45, 2.75) is 40.2 Å². The van der Waals surface area contributed by atoms with Gasteiger partial charge in [-0.3, -0.25) is 15.1 Å². The number of fused-ring (bicyclic) bond motifs is 1. The minimum atomic E-state index is -0.578. The third-order valence-electron chi connectivity index (χ3n) is 3.73. The first-order valence-corrected chi connectivity index (χ1v) is 9.57. The molecule has 2 N–H and O–H groups in total. The van der Waals surface area contributed by atoms with Crippen LogP contribution in [0.2, 0.25) is 0 Å². The molecule has 146 valence electrons. The van der Waals surface area contributed by atoms with E-state index in [2.05, 4.69) is 20.6 Å². The second-order valence-electron chi connectivity index (χ2n) is 7.37. The van der Waals surface area contributed by atoms with Crippen LogP contribution in [-0.2, 0) is 9.53 Å². The predicted octanol–water partition coefficient (Wildman–Crippen LogP) is 4.97. The minimum Gasteiger partial charge on any atom is -0.444 e. The molecular formula is C20H22N4O3S. The molecule has 3 aromatic rings. The quantitative estimate of drug-likeness (QED) is 0.649. The fourth-order valence-corrected chi connectivity index (χ4v) is 3.49. The van der Waals surface area contributed by atoms with Crippen LogP contribution in [0.15, 0.2) is 30.5 Å². The Morgan fingerprint density at radius 1 is 1.11 bits per heavy atom. The Balaban J connectivity index is 1.89. The van der Waals surface area contributed by atoms with Gasteiger partial charge < -0.3 is 10.1 Å². The summed E-state index contributed by atoms with van der Waals surface area (Å²) in [7, 11) is 0. The van der Waals surface area contributed by atoms with Gasteiger partial charge in [0.05, 0.1) is 21.6 Å². The second-order valence-corrected chi connectivity index (χ2v) is 8.40. The third kappa shape index (κ3) is 4.83. The first-order chi connectivity index (χ1) is 13.1. The molecule has 2 aromatic heterocycles. The highest BCUT2D eigenvalue weighted by atomic mass is 32.1. The number of ether oxygens (including phenoxy) is 1. The number of amides is 2. The van der Waals surface area contributed by atoms with Crippen molar-refractivity contribution in [1.29, 1.82) is 0 Å². The van der Waals surface area contributed by atoms with Crippen LogP contribution >= 0.6 is 11.3 Å². The maximum atomic E-state index is 12.1. The number of hydrogen-bond donors (Lipinski definition) is 2. The summed E-state index contributed by atoms with van der Waals surface area (Å²) < 4.78 is 6.26. The lowest BCUT2D eigenvalue weighted by Crippen LogP contribution is -2.27. The molecule has 0 spiro atoms. The van der Waals surface area contributed by atoms with Gasteiger partial charge >= 0.3 is 6.09 Å². The molecular weight excluding hydrogens is 376 g/mol. The lowest BCUT2D eigenvalue weighted by molar-refractivity contribution is -0.114. The average molecular weight is 398 g/mol. The van der Waals surface area contributed by atoms with Crippen molar-refractivity contribution in [2.75, 3.05) is 10.6 Å². The van der Waals surface area contributed by atoms with E-state index in [0.717, 1.165) is 21.3 Å². The van der Waals surface area contributed by atoms with Gasteiger partial charge in [-0.1, -0.05) is 17.4 Å². The first kappa shape index (κ1) is 19.8. The topological polar surface area (TPSA) is 93.2 Å². The molecule has 0 bridgehead atoms. The Morgan fingerprint density at radius 3 is 2.54 bits per heavy atom. The van der Waals surface area contributed by atoms with Crippen LogP contribution < -0.4 is 10.6 Å². The Hall–Kier alpha value is -3.00. The monoisotopic (exact) mass is 398 g/mol. The van der Waals surface area contributed by atoms with Gasteiger partial charge in [0.15, 0.2) is 5.13 Å². The van der Waals surface area contributed by atoms with E-state index in [9.17, 15) is 9.59 Å². The summed E-state index contributed by atoms with van der Waals surface area (Å²) in [6.07, 6.45) is 1.24. The van der Waals surface area contributed by atoms with Crippen LogP contribution in [0.3, 0.4) is 0 Å². The summed E-state index contributed by atoms with van der Waals surface area (Å²) >= 11 is 1.41. The average Bonchev–Trinajstić information content (AvgIpc) is 2.95. The summed E-state index contributed by atoms with van der Waals surface area (Å²) in [5, 5.41) is 6.03. The van der Waals surface area contributed by atoms with Gasteiger partial charge in [0.25, 0.3) is 0 Å². The van der Waals surface area contributed by atoms with E-state index in [-0.39, 0.29) is 5.91 Å². The molecule has 0 radical (unpaired) electrons. The lowest BCUT2D eigenvalue weighted by atomic mass is 10.1. The smallest absolute Gasteiger partial charge is 0.412 e. The first-order valence-electron chi connectivity index (χ1n) is 8.76. The number of carbonyl (C=O) groups excluding carboxylic acids is 2. The highest BCUT2D eigenvalue weighted by molar-refractivity contribution is 7.22. The van der Waals surface area contributed by atoms with Gasteiger partial charge in [0.2, 0.25) is 5.91 Å². The number of pyridine rings is 1. The fraction of sp³-hybridized carbons (Fsp3) is 0.300. The largest absolute Gasteiger partial charge is 0.444 e. The zero-order chi connectivity index (χ0) is 20.5. The molecule has 0 saturated carbocycles. The van der Waals surface area contributed by atoms with Gasteiger partial charge in [0, 0.05) is 18.7 Å². The molecule has 0 fully saturated rings. The zero-order valence-corrected chi connectivity index (χ0v) is 17.2. The number of carbonyl (C=O) groups is 2. The molecule has 8 heteroatoms. The SMILES string of the molecule is CC(=O)Nc1nc2ccc(-c3cnc(C)c(NC(=O)OC(C)(C)C)c3)cc2s1. The predicted molar refractivity (Wildman–Crippen MR) is 112 cm³/mol. The molecule has 2 amide bonds. The molecule has 0 unspecified atom stereocenters. The van der Waals surface area contributed by atoms with E-state index in [1.54, 1.807) is 6.20 Å².